The summed E-state index contributed by atoms with van der Waals surface area (Å²) in [5.74, 6) is 5.48. The summed E-state index contributed by atoms with van der Waals surface area (Å²) in [5, 5.41) is 3.10. The lowest BCUT2D eigenvalue weighted by atomic mass is 10.2. The largest absolute Gasteiger partial charge is 0.466 e. The van der Waals surface area contributed by atoms with Crippen LogP contribution in [0.1, 0.15) is 27.2 Å². The molecule has 0 heterocycles. The molecular weight excluding hydrogens is 166 g/mol. The van der Waals surface area contributed by atoms with E-state index in [9.17, 15) is 4.79 Å². The summed E-state index contributed by atoms with van der Waals surface area (Å²) in [7, 11) is 0. The molecular formula is C10H17NO2. The Morgan fingerprint density at radius 1 is 1.62 bits per heavy atom. The number of hydrogen-bond acceptors (Lipinski definition) is 3. The molecule has 0 radical (unpaired) electrons. The van der Waals surface area contributed by atoms with Crippen LogP contribution in [-0.2, 0) is 9.53 Å². The fraction of sp³-hybridized carbons (Fsp3) is 0.700. The number of nitrogens with one attached hydrogen (secondary N) is 1. The van der Waals surface area contributed by atoms with Crippen molar-refractivity contribution in [2.45, 2.75) is 33.2 Å². The molecule has 0 aliphatic rings. The fourth-order valence-corrected chi connectivity index (χ4v) is 0.856. The van der Waals surface area contributed by atoms with Crippen molar-refractivity contribution in [1.29, 1.82) is 0 Å². The van der Waals surface area contributed by atoms with Gasteiger partial charge in [-0.1, -0.05) is 5.92 Å². The van der Waals surface area contributed by atoms with Gasteiger partial charge in [-0.05, 0) is 20.8 Å². The van der Waals surface area contributed by atoms with E-state index >= 15 is 0 Å². The SMILES string of the molecule is CC#CCNC(C)CC(=O)OCC. The zero-order chi connectivity index (χ0) is 10.1. The summed E-state index contributed by atoms with van der Waals surface area (Å²) in [4.78, 5) is 11.0. The molecule has 13 heavy (non-hydrogen) atoms. The second-order valence-corrected chi connectivity index (χ2v) is 2.72. The molecule has 0 saturated heterocycles. The van der Waals surface area contributed by atoms with Crippen LogP contribution in [0.2, 0.25) is 0 Å². The molecule has 0 aromatic heterocycles. The van der Waals surface area contributed by atoms with Crippen LogP contribution in [0.5, 0.6) is 0 Å². The second kappa shape index (κ2) is 7.63. The lowest BCUT2D eigenvalue weighted by molar-refractivity contribution is -0.143. The van der Waals surface area contributed by atoms with Crippen molar-refractivity contribution in [3.8, 4) is 11.8 Å². The lowest BCUT2D eigenvalue weighted by Gasteiger charge is -2.10. The zero-order valence-electron chi connectivity index (χ0n) is 8.52. The molecule has 0 rings (SSSR count). The first-order chi connectivity index (χ1) is 6.20. The van der Waals surface area contributed by atoms with Gasteiger partial charge in [0.25, 0.3) is 0 Å². The van der Waals surface area contributed by atoms with Crippen molar-refractivity contribution in [3.63, 3.8) is 0 Å². The van der Waals surface area contributed by atoms with Gasteiger partial charge >= 0.3 is 5.97 Å². The Morgan fingerprint density at radius 2 is 2.31 bits per heavy atom. The highest BCUT2D eigenvalue weighted by Gasteiger charge is 2.07. The summed E-state index contributed by atoms with van der Waals surface area (Å²) in [6, 6.07) is 0.125. The first-order valence-corrected chi connectivity index (χ1v) is 4.49. The normalized spacial score (nSPS) is 11.3. The molecule has 0 spiro atoms. The van der Waals surface area contributed by atoms with Crippen molar-refractivity contribution in [1.82, 2.24) is 5.32 Å². The van der Waals surface area contributed by atoms with Gasteiger partial charge in [-0.15, -0.1) is 5.92 Å². The Morgan fingerprint density at radius 3 is 2.85 bits per heavy atom. The second-order valence-electron chi connectivity index (χ2n) is 2.72. The maximum Gasteiger partial charge on any atom is 0.307 e. The van der Waals surface area contributed by atoms with Crippen molar-refractivity contribution in [2.24, 2.45) is 0 Å². The van der Waals surface area contributed by atoms with E-state index in [0.717, 1.165) is 0 Å². The molecule has 1 atom stereocenters. The monoisotopic (exact) mass is 183 g/mol. The van der Waals surface area contributed by atoms with E-state index < -0.39 is 0 Å². The predicted molar refractivity (Wildman–Crippen MR) is 52.2 cm³/mol. The highest BCUT2D eigenvalue weighted by molar-refractivity contribution is 5.69. The average Bonchev–Trinajstić information content (AvgIpc) is 2.05. The molecule has 0 aliphatic heterocycles. The molecule has 0 aromatic rings. The Kier molecular flexibility index (Phi) is 7.04. The molecule has 1 unspecified atom stereocenters. The van der Waals surface area contributed by atoms with Crippen molar-refractivity contribution in [2.75, 3.05) is 13.2 Å². The van der Waals surface area contributed by atoms with E-state index in [2.05, 4.69) is 17.2 Å². The number of carbonyl (C=O) groups excluding carboxylic acids is 1. The van der Waals surface area contributed by atoms with Crippen LogP contribution in [0.25, 0.3) is 0 Å². The van der Waals surface area contributed by atoms with E-state index in [1.165, 1.54) is 0 Å². The standard InChI is InChI=1S/C10H17NO2/c1-4-6-7-11-9(3)8-10(12)13-5-2/h9,11H,5,7-8H2,1-3H3. The van der Waals surface area contributed by atoms with Crippen molar-refractivity contribution < 1.29 is 9.53 Å². The molecule has 3 nitrogen and oxygen atoms in total. The third-order valence-electron chi connectivity index (χ3n) is 1.49. The summed E-state index contributed by atoms with van der Waals surface area (Å²) < 4.78 is 4.80. The van der Waals surface area contributed by atoms with Gasteiger partial charge in [0.2, 0.25) is 0 Å². The number of carbonyl (C=O) groups is 1. The van der Waals surface area contributed by atoms with E-state index in [-0.39, 0.29) is 12.0 Å². The minimum atomic E-state index is -0.160. The highest BCUT2D eigenvalue weighted by atomic mass is 16.5. The molecule has 74 valence electrons. The Balaban J connectivity index is 3.53. The first kappa shape index (κ1) is 12.0. The Bertz CT molecular complexity index is 203. The third-order valence-corrected chi connectivity index (χ3v) is 1.49. The van der Waals surface area contributed by atoms with Gasteiger partial charge in [-0.25, -0.2) is 0 Å². The number of rotatable bonds is 5. The minimum Gasteiger partial charge on any atom is -0.466 e. The summed E-state index contributed by atoms with van der Waals surface area (Å²) in [6.07, 6.45) is 0.402. The predicted octanol–water partition coefficient (Wildman–Crippen LogP) is 0.941. The van der Waals surface area contributed by atoms with Crippen LogP contribution >= 0.6 is 0 Å². The Hall–Kier alpha value is -1.01. The van der Waals surface area contributed by atoms with E-state index in [1.807, 2.05) is 6.92 Å². The fourth-order valence-electron chi connectivity index (χ4n) is 0.856. The van der Waals surface area contributed by atoms with Crippen LogP contribution in [-0.4, -0.2) is 25.2 Å². The average molecular weight is 183 g/mol. The molecule has 0 aliphatic carbocycles. The van der Waals surface area contributed by atoms with Gasteiger partial charge in [-0.3, -0.25) is 4.79 Å². The maximum absolute atomic E-state index is 11.0. The number of ether oxygens (including phenoxy) is 1. The zero-order valence-corrected chi connectivity index (χ0v) is 8.52. The molecule has 0 amide bonds. The van der Waals surface area contributed by atoms with Crippen molar-refractivity contribution >= 4 is 5.97 Å². The Labute approximate surface area is 79.8 Å². The van der Waals surface area contributed by atoms with Gasteiger partial charge in [-0.2, -0.15) is 0 Å². The first-order valence-electron chi connectivity index (χ1n) is 4.49. The van der Waals surface area contributed by atoms with Crippen LogP contribution < -0.4 is 5.32 Å². The topological polar surface area (TPSA) is 38.3 Å². The molecule has 0 bridgehead atoms. The summed E-state index contributed by atoms with van der Waals surface area (Å²) in [5.41, 5.74) is 0. The van der Waals surface area contributed by atoms with Gasteiger partial charge in [0.05, 0.1) is 19.6 Å². The van der Waals surface area contributed by atoms with Crippen molar-refractivity contribution in [3.05, 3.63) is 0 Å². The van der Waals surface area contributed by atoms with E-state index in [4.69, 9.17) is 4.74 Å². The van der Waals surface area contributed by atoms with E-state index in [1.54, 1.807) is 13.8 Å². The smallest absolute Gasteiger partial charge is 0.307 e. The molecule has 0 saturated carbocycles. The number of esters is 1. The van der Waals surface area contributed by atoms with Gasteiger partial charge < -0.3 is 10.1 Å². The van der Waals surface area contributed by atoms with Crippen LogP contribution in [0, 0.1) is 11.8 Å². The van der Waals surface area contributed by atoms with Crippen LogP contribution in [0.15, 0.2) is 0 Å². The van der Waals surface area contributed by atoms with Gasteiger partial charge in [0, 0.05) is 6.04 Å². The quantitative estimate of drug-likeness (QED) is 0.509. The maximum atomic E-state index is 11.0. The molecule has 0 aromatic carbocycles. The van der Waals surface area contributed by atoms with Crippen LogP contribution in [0.4, 0.5) is 0 Å². The van der Waals surface area contributed by atoms with Gasteiger partial charge in [0.1, 0.15) is 0 Å². The summed E-state index contributed by atoms with van der Waals surface area (Å²) >= 11 is 0. The van der Waals surface area contributed by atoms with Crippen LogP contribution in [0.3, 0.4) is 0 Å². The molecule has 0 fully saturated rings. The number of hydrogen-bond donors (Lipinski definition) is 1. The third kappa shape index (κ3) is 7.35. The minimum absolute atomic E-state index is 0.125. The highest BCUT2D eigenvalue weighted by Crippen LogP contribution is 1.92. The van der Waals surface area contributed by atoms with E-state index in [0.29, 0.717) is 19.6 Å². The molecule has 1 N–H and O–H groups in total. The summed E-state index contributed by atoms with van der Waals surface area (Å²) in [6.45, 7) is 6.60. The lowest BCUT2D eigenvalue weighted by Crippen LogP contribution is -2.29. The molecule has 3 heteroatoms. The van der Waals surface area contributed by atoms with Gasteiger partial charge in [0.15, 0.2) is 0 Å².